The predicted molar refractivity (Wildman–Crippen MR) is 66.3 cm³/mol. The van der Waals surface area contributed by atoms with Crippen molar-refractivity contribution in [3.8, 4) is 0 Å². The predicted octanol–water partition coefficient (Wildman–Crippen LogP) is 4.03. The summed E-state index contributed by atoms with van der Waals surface area (Å²) >= 11 is 1.28. The molecule has 2 aromatic rings. The van der Waals surface area contributed by atoms with Crippen LogP contribution >= 0.6 is 11.3 Å². The maximum atomic E-state index is 13.4. The largest absolute Gasteiger partial charge is 0.419 e. The number of alkyl halides is 3. The molecule has 7 heteroatoms. The fourth-order valence-corrected chi connectivity index (χ4v) is 2.41. The van der Waals surface area contributed by atoms with E-state index in [-0.39, 0.29) is 12.0 Å². The monoisotopic (exact) mass is 303 g/mol. The summed E-state index contributed by atoms with van der Waals surface area (Å²) in [5.74, 6) is -1.91. The van der Waals surface area contributed by atoms with Gasteiger partial charge in [-0.2, -0.15) is 13.2 Å². The number of Topliss-reactive ketones (excluding diaryl/α,β-unsaturated/α-hetero) is 1. The molecule has 2 rings (SSSR count). The van der Waals surface area contributed by atoms with Crippen LogP contribution in [0.25, 0.3) is 0 Å². The number of ketones is 1. The molecule has 0 saturated heterocycles. The van der Waals surface area contributed by atoms with E-state index in [1.807, 2.05) is 0 Å². The number of aryl methyl sites for hydroxylation is 1. The molecule has 0 aliphatic carbocycles. The molecule has 2 nitrogen and oxygen atoms in total. The van der Waals surface area contributed by atoms with Crippen molar-refractivity contribution in [1.82, 2.24) is 4.98 Å². The first-order valence-electron chi connectivity index (χ1n) is 5.58. The number of halogens is 4. The molecule has 1 aromatic carbocycles. The van der Waals surface area contributed by atoms with Crippen LogP contribution in [0.3, 0.4) is 0 Å². The quantitative estimate of drug-likeness (QED) is 0.633. The molecule has 0 aliphatic rings. The molecule has 106 valence electrons. The van der Waals surface area contributed by atoms with E-state index >= 15 is 0 Å². The van der Waals surface area contributed by atoms with Crippen molar-refractivity contribution < 1.29 is 22.4 Å². The molecule has 0 bridgehead atoms. The Labute approximate surface area is 116 Å². The number of carbonyl (C=O) groups is 1. The lowest BCUT2D eigenvalue weighted by atomic mass is 10.1. The summed E-state index contributed by atoms with van der Waals surface area (Å²) in [6.45, 7) is 1.77. The highest BCUT2D eigenvalue weighted by molar-refractivity contribution is 7.09. The fourth-order valence-electron chi connectivity index (χ4n) is 1.64. The van der Waals surface area contributed by atoms with Gasteiger partial charge in [-0.25, -0.2) is 9.37 Å². The second-order valence-electron chi connectivity index (χ2n) is 4.17. The second kappa shape index (κ2) is 5.32. The van der Waals surface area contributed by atoms with Gasteiger partial charge in [0.25, 0.3) is 0 Å². The second-order valence-corrected chi connectivity index (χ2v) is 5.12. The minimum atomic E-state index is -4.77. The molecule has 0 N–H and O–H groups in total. The van der Waals surface area contributed by atoms with Gasteiger partial charge >= 0.3 is 6.18 Å². The lowest BCUT2D eigenvalue weighted by Gasteiger charge is -2.08. The molecule has 0 spiro atoms. The van der Waals surface area contributed by atoms with Gasteiger partial charge in [0.05, 0.1) is 12.0 Å². The van der Waals surface area contributed by atoms with Gasteiger partial charge in [0, 0.05) is 16.6 Å². The van der Waals surface area contributed by atoms with E-state index in [0.717, 1.165) is 11.8 Å². The number of hydrogen-bond donors (Lipinski definition) is 0. The van der Waals surface area contributed by atoms with Crippen molar-refractivity contribution in [3.05, 3.63) is 51.2 Å². The van der Waals surface area contributed by atoms with Crippen molar-refractivity contribution in [3.63, 3.8) is 0 Å². The zero-order valence-electron chi connectivity index (χ0n) is 10.3. The molecular weight excluding hydrogens is 294 g/mol. The molecular formula is C13H9F4NOS. The van der Waals surface area contributed by atoms with Gasteiger partial charge in [-0.05, 0) is 19.1 Å². The zero-order chi connectivity index (χ0) is 14.9. The lowest BCUT2D eigenvalue weighted by Crippen LogP contribution is -2.10. The Kier molecular flexibility index (Phi) is 3.89. The Balaban J connectivity index is 2.21. The summed E-state index contributed by atoms with van der Waals surface area (Å²) in [6, 6.07) is 2.18. The number of aromatic nitrogens is 1. The zero-order valence-corrected chi connectivity index (χ0v) is 11.1. The van der Waals surface area contributed by atoms with Crippen molar-refractivity contribution in [2.24, 2.45) is 0 Å². The summed E-state index contributed by atoms with van der Waals surface area (Å²) in [7, 11) is 0. The lowest BCUT2D eigenvalue weighted by molar-refractivity contribution is -0.140. The summed E-state index contributed by atoms with van der Waals surface area (Å²) in [5, 5.41) is 2.31. The number of nitrogens with zero attached hydrogens (tertiary/aromatic N) is 1. The fraction of sp³-hybridized carbons (Fsp3) is 0.231. The number of carbonyl (C=O) groups excluding carboxylic acids is 1. The van der Waals surface area contributed by atoms with Crippen molar-refractivity contribution in [1.29, 1.82) is 0 Å². The minimum Gasteiger partial charge on any atom is -0.294 e. The highest BCUT2D eigenvalue weighted by Crippen LogP contribution is 2.31. The number of thiazole rings is 1. The number of rotatable bonds is 3. The van der Waals surface area contributed by atoms with Crippen LogP contribution in [0.5, 0.6) is 0 Å². The summed E-state index contributed by atoms with van der Waals surface area (Å²) in [6.07, 6.45) is -4.82. The van der Waals surface area contributed by atoms with Gasteiger partial charge in [0.2, 0.25) is 0 Å². The standard InChI is InChI=1S/C13H9F4NOS/c1-7-6-20-12(18-7)5-11(19)8-2-3-9(10(14)4-8)13(15,16)17/h2-4,6H,5H2,1H3. The van der Waals surface area contributed by atoms with Gasteiger partial charge in [-0.1, -0.05) is 6.07 Å². The molecule has 0 amide bonds. The summed E-state index contributed by atoms with van der Waals surface area (Å²) < 4.78 is 50.6. The molecule has 1 heterocycles. The highest BCUT2D eigenvalue weighted by Gasteiger charge is 2.34. The molecule has 1 aromatic heterocycles. The van der Waals surface area contributed by atoms with Crippen LogP contribution in [0, 0.1) is 12.7 Å². The normalized spacial score (nSPS) is 11.7. The van der Waals surface area contributed by atoms with Crippen LogP contribution in [0.15, 0.2) is 23.6 Å². The molecule has 0 atom stereocenters. The Morgan fingerprint density at radius 3 is 2.55 bits per heavy atom. The molecule has 0 unspecified atom stereocenters. The van der Waals surface area contributed by atoms with Crippen LogP contribution in [0.4, 0.5) is 17.6 Å². The first-order chi connectivity index (χ1) is 9.27. The van der Waals surface area contributed by atoms with Gasteiger partial charge in [-0.3, -0.25) is 4.79 Å². The molecule has 0 radical (unpaired) electrons. The van der Waals surface area contributed by atoms with Crippen LogP contribution in [-0.2, 0) is 12.6 Å². The van der Waals surface area contributed by atoms with Crippen molar-refractivity contribution in [2.75, 3.05) is 0 Å². The van der Waals surface area contributed by atoms with Crippen LogP contribution in [-0.4, -0.2) is 10.8 Å². The average molecular weight is 303 g/mol. The van der Waals surface area contributed by atoms with Gasteiger partial charge < -0.3 is 0 Å². The Hall–Kier alpha value is -1.76. The van der Waals surface area contributed by atoms with Crippen LogP contribution in [0.2, 0.25) is 0 Å². The number of hydrogen-bond acceptors (Lipinski definition) is 3. The SMILES string of the molecule is Cc1csc(CC(=O)c2ccc(C(F)(F)F)c(F)c2)n1. The van der Waals surface area contributed by atoms with E-state index in [1.54, 1.807) is 12.3 Å². The third-order valence-corrected chi connectivity index (χ3v) is 3.54. The molecule has 0 fully saturated rings. The topological polar surface area (TPSA) is 30.0 Å². The Morgan fingerprint density at radius 1 is 1.35 bits per heavy atom. The van der Waals surface area contributed by atoms with Crippen molar-refractivity contribution in [2.45, 2.75) is 19.5 Å². The number of benzene rings is 1. The highest BCUT2D eigenvalue weighted by atomic mass is 32.1. The first-order valence-corrected chi connectivity index (χ1v) is 6.46. The summed E-state index contributed by atoms with van der Waals surface area (Å²) in [5.41, 5.74) is -0.709. The Morgan fingerprint density at radius 2 is 2.05 bits per heavy atom. The maximum absolute atomic E-state index is 13.4. The van der Waals surface area contributed by atoms with E-state index in [9.17, 15) is 22.4 Å². The first kappa shape index (κ1) is 14.6. The van der Waals surface area contributed by atoms with E-state index < -0.39 is 23.3 Å². The van der Waals surface area contributed by atoms with Gasteiger partial charge in [-0.15, -0.1) is 11.3 Å². The van der Waals surface area contributed by atoms with Crippen LogP contribution < -0.4 is 0 Å². The third-order valence-electron chi connectivity index (χ3n) is 2.57. The van der Waals surface area contributed by atoms with Gasteiger partial charge in [0.1, 0.15) is 10.8 Å². The third kappa shape index (κ3) is 3.22. The van der Waals surface area contributed by atoms with Crippen LogP contribution in [0.1, 0.15) is 26.6 Å². The van der Waals surface area contributed by atoms with E-state index in [2.05, 4.69) is 4.98 Å². The Bertz CT molecular complexity index is 648. The minimum absolute atomic E-state index is 0.0523. The van der Waals surface area contributed by atoms with E-state index in [1.165, 1.54) is 11.3 Å². The smallest absolute Gasteiger partial charge is 0.294 e. The summed E-state index contributed by atoms with van der Waals surface area (Å²) in [4.78, 5) is 15.9. The van der Waals surface area contributed by atoms with Gasteiger partial charge in [0.15, 0.2) is 5.78 Å². The molecule has 0 saturated carbocycles. The molecule has 0 aliphatic heterocycles. The maximum Gasteiger partial charge on any atom is 0.419 e. The molecule has 20 heavy (non-hydrogen) atoms. The van der Waals surface area contributed by atoms with E-state index in [4.69, 9.17) is 0 Å². The van der Waals surface area contributed by atoms with E-state index in [0.29, 0.717) is 17.1 Å². The average Bonchev–Trinajstić information content (AvgIpc) is 2.73. The van der Waals surface area contributed by atoms with Crippen molar-refractivity contribution >= 4 is 17.1 Å².